The molecule has 0 unspecified atom stereocenters. The number of nitrogens with two attached hydrogens (primary N) is 1. The summed E-state index contributed by atoms with van der Waals surface area (Å²) in [5, 5.41) is 0. The second-order valence-electron chi connectivity index (χ2n) is 3.76. The van der Waals surface area contributed by atoms with Gasteiger partial charge in [0.2, 0.25) is 0 Å². The van der Waals surface area contributed by atoms with E-state index >= 15 is 0 Å². The Morgan fingerprint density at radius 3 is 2.85 bits per heavy atom. The van der Waals surface area contributed by atoms with Crippen molar-refractivity contribution in [1.82, 2.24) is 4.98 Å². The van der Waals surface area contributed by atoms with Crippen LogP contribution < -0.4 is 10.6 Å². The molecule has 0 spiro atoms. The van der Waals surface area contributed by atoms with E-state index < -0.39 is 0 Å². The lowest BCUT2D eigenvalue weighted by molar-refractivity contribution is 0.320. The maximum absolute atomic E-state index is 6.06. The molecule has 70 valence electrons. The van der Waals surface area contributed by atoms with Crippen LogP contribution in [0, 0.1) is 0 Å². The van der Waals surface area contributed by atoms with E-state index in [9.17, 15) is 0 Å². The van der Waals surface area contributed by atoms with Crippen molar-refractivity contribution in [1.29, 1.82) is 0 Å². The highest BCUT2D eigenvalue weighted by Gasteiger charge is 2.38. The van der Waals surface area contributed by atoms with Gasteiger partial charge in [-0.2, -0.15) is 0 Å². The summed E-state index contributed by atoms with van der Waals surface area (Å²) >= 11 is 0. The van der Waals surface area contributed by atoms with E-state index in [1.165, 1.54) is 0 Å². The number of hydrogen-bond acceptors (Lipinski definition) is 3. The minimum absolute atomic E-state index is 0.0253. The van der Waals surface area contributed by atoms with E-state index in [-0.39, 0.29) is 5.54 Å². The van der Waals surface area contributed by atoms with Crippen LogP contribution in [0.2, 0.25) is 0 Å². The van der Waals surface area contributed by atoms with Crippen LogP contribution >= 0.6 is 0 Å². The van der Waals surface area contributed by atoms with Crippen molar-refractivity contribution < 1.29 is 0 Å². The molecule has 1 fully saturated rings. The summed E-state index contributed by atoms with van der Waals surface area (Å²) in [5.41, 5.74) is 6.09. The fourth-order valence-electron chi connectivity index (χ4n) is 1.64. The van der Waals surface area contributed by atoms with Gasteiger partial charge in [-0.25, -0.2) is 4.98 Å². The lowest BCUT2D eigenvalue weighted by Gasteiger charge is -2.48. The molecule has 0 aliphatic carbocycles. The summed E-state index contributed by atoms with van der Waals surface area (Å²) in [6.45, 7) is 4.00. The Balaban J connectivity index is 2.01. The van der Waals surface area contributed by atoms with Gasteiger partial charge in [0, 0.05) is 19.3 Å². The normalized spacial score (nSPS) is 19.7. The summed E-state index contributed by atoms with van der Waals surface area (Å²) < 4.78 is 0. The van der Waals surface area contributed by atoms with Crippen LogP contribution in [0.5, 0.6) is 0 Å². The van der Waals surface area contributed by atoms with Gasteiger partial charge in [0.15, 0.2) is 0 Å². The quantitative estimate of drug-likeness (QED) is 0.733. The molecule has 0 aromatic carbocycles. The fraction of sp³-hybridized carbons (Fsp3) is 0.500. The van der Waals surface area contributed by atoms with Crippen LogP contribution in [0.15, 0.2) is 24.4 Å². The minimum Gasteiger partial charge on any atom is -0.353 e. The fourth-order valence-corrected chi connectivity index (χ4v) is 1.64. The van der Waals surface area contributed by atoms with Gasteiger partial charge in [-0.15, -0.1) is 0 Å². The van der Waals surface area contributed by atoms with Crippen LogP contribution in [-0.2, 0) is 0 Å². The first-order valence-electron chi connectivity index (χ1n) is 4.68. The molecule has 0 radical (unpaired) electrons. The summed E-state index contributed by atoms with van der Waals surface area (Å²) in [6.07, 6.45) is 2.86. The van der Waals surface area contributed by atoms with Crippen LogP contribution in [0.3, 0.4) is 0 Å². The zero-order valence-corrected chi connectivity index (χ0v) is 7.90. The average molecular weight is 177 g/mol. The number of anilines is 1. The topological polar surface area (TPSA) is 42.1 Å². The number of nitrogens with zero attached hydrogens (tertiary/aromatic N) is 2. The Bertz CT molecular complexity index is 277. The SMILES string of the molecule is CCC1(N)CN(c2ccccn2)C1. The third-order valence-electron chi connectivity index (χ3n) is 2.69. The average Bonchev–Trinajstić information content (AvgIpc) is 2.14. The van der Waals surface area contributed by atoms with E-state index in [0.717, 1.165) is 25.3 Å². The predicted octanol–water partition coefficient (Wildman–Crippen LogP) is 1.01. The molecule has 0 bridgehead atoms. The lowest BCUT2D eigenvalue weighted by atomic mass is 9.88. The van der Waals surface area contributed by atoms with Crippen LogP contribution in [-0.4, -0.2) is 23.6 Å². The van der Waals surface area contributed by atoms with Gasteiger partial charge in [-0.05, 0) is 18.6 Å². The molecule has 0 saturated carbocycles. The third-order valence-corrected chi connectivity index (χ3v) is 2.69. The largest absolute Gasteiger partial charge is 0.353 e. The number of hydrogen-bond donors (Lipinski definition) is 1. The van der Waals surface area contributed by atoms with Gasteiger partial charge in [0.1, 0.15) is 5.82 Å². The van der Waals surface area contributed by atoms with E-state index in [1.54, 1.807) is 0 Å². The van der Waals surface area contributed by atoms with Gasteiger partial charge in [-0.3, -0.25) is 0 Å². The Morgan fingerprint density at radius 2 is 2.31 bits per heavy atom. The molecule has 1 aliphatic rings. The zero-order valence-electron chi connectivity index (χ0n) is 7.90. The highest BCUT2D eigenvalue weighted by atomic mass is 15.3. The maximum Gasteiger partial charge on any atom is 0.128 e. The van der Waals surface area contributed by atoms with Gasteiger partial charge in [-0.1, -0.05) is 13.0 Å². The predicted molar refractivity (Wildman–Crippen MR) is 53.7 cm³/mol. The van der Waals surface area contributed by atoms with Crippen LogP contribution in [0.1, 0.15) is 13.3 Å². The van der Waals surface area contributed by atoms with Crippen molar-refractivity contribution in [2.45, 2.75) is 18.9 Å². The smallest absolute Gasteiger partial charge is 0.128 e. The summed E-state index contributed by atoms with van der Waals surface area (Å²) in [4.78, 5) is 6.48. The standard InChI is InChI=1S/C10H15N3/c1-2-10(11)7-13(8-10)9-5-3-4-6-12-9/h3-6H,2,7-8,11H2,1H3. The second-order valence-corrected chi connectivity index (χ2v) is 3.76. The molecule has 1 aliphatic heterocycles. The van der Waals surface area contributed by atoms with Crippen LogP contribution in [0.25, 0.3) is 0 Å². The number of aromatic nitrogens is 1. The van der Waals surface area contributed by atoms with Gasteiger partial charge in [0.25, 0.3) is 0 Å². The molecule has 1 aromatic heterocycles. The number of pyridine rings is 1. The van der Waals surface area contributed by atoms with E-state index in [1.807, 2.05) is 24.4 Å². The molecule has 3 nitrogen and oxygen atoms in total. The first-order chi connectivity index (χ1) is 6.23. The molecular weight excluding hydrogens is 162 g/mol. The molecule has 1 aromatic rings. The van der Waals surface area contributed by atoms with E-state index in [4.69, 9.17) is 5.73 Å². The molecular formula is C10H15N3. The Morgan fingerprint density at radius 1 is 1.54 bits per heavy atom. The van der Waals surface area contributed by atoms with Crippen molar-refractivity contribution in [2.75, 3.05) is 18.0 Å². The van der Waals surface area contributed by atoms with Crippen molar-refractivity contribution in [3.63, 3.8) is 0 Å². The zero-order chi connectivity index (χ0) is 9.31. The monoisotopic (exact) mass is 177 g/mol. The highest BCUT2D eigenvalue weighted by molar-refractivity contribution is 5.43. The second kappa shape index (κ2) is 3.00. The molecule has 3 heteroatoms. The maximum atomic E-state index is 6.06. The summed E-state index contributed by atoms with van der Waals surface area (Å²) in [7, 11) is 0. The van der Waals surface area contributed by atoms with Crippen molar-refractivity contribution in [3.05, 3.63) is 24.4 Å². The molecule has 2 heterocycles. The first-order valence-corrected chi connectivity index (χ1v) is 4.68. The van der Waals surface area contributed by atoms with E-state index in [2.05, 4.69) is 16.8 Å². The minimum atomic E-state index is 0.0253. The molecule has 1 saturated heterocycles. The molecule has 0 atom stereocenters. The lowest BCUT2D eigenvalue weighted by Crippen LogP contribution is -2.67. The Hall–Kier alpha value is -1.09. The summed E-state index contributed by atoms with van der Waals surface area (Å²) in [5.74, 6) is 1.04. The molecule has 13 heavy (non-hydrogen) atoms. The van der Waals surface area contributed by atoms with Gasteiger partial charge < -0.3 is 10.6 Å². The highest BCUT2D eigenvalue weighted by Crippen LogP contribution is 2.25. The molecule has 2 N–H and O–H groups in total. The van der Waals surface area contributed by atoms with Crippen molar-refractivity contribution in [2.24, 2.45) is 5.73 Å². The number of rotatable bonds is 2. The third kappa shape index (κ3) is 1.52. The van der Waals surface area contributed by atoms with Crippen molar-refractivity contribution in [3.8, 4) is 0 Å². The molecule has 2 rings (SSSR count). The Labute approximate surface area is 78.6 Å². The Kier molecular flexibility index (Phi) is 1.96. The van der Waals surface area contributed by atoms with Gasteiger partial charge >= 0.3 is 0 Å². The summed E-state index contributed by atoms with van der Waals surface area (Å²) in [6, 6.07) is 5.96. The van der Waals surface area contributed by atoms with Crippen LogP contribution in [0.4, 0.5) is 5.82 Å². The van der Waals surface area contributed by atoms with Crippen molar-refractivity contribution >= 4 is 5.82 Å². The van der Waals surface area contributed by atoms with E-state index in [0.29, 0.717) is 0 Å². The first kappa shape index (κ1) is 8.51. The molecule has 0 amide bonds. The van der Waals surface area contributed by atoms with Gasteiger partial charge in [0.05, 0.1) is 5.54 Å².